The van der Waals surface area contributed by atoms with Gasteiger partial charge in [-0.2, -0.15) is 10.5 Å². The molecule has 8 rings (SSSR count). The van der Waals surface area contributed by atoms with E-state index >= 15 is 0 Å². The first-order chi connectivity index (χ1) is 26.0. The average Bonchev–Trinajstić information content (AvgIpc) is 3.78. The first-order valence-electron chi connectivity index (χ1n) is 19.1. The number of rotatable bonds is 9. The Kier molecular flexibility index (Phi) is 8.28. The fraction of sp³-hybridized carbons (Fsp3) is 0.240. The van der Waals surface area contributed by atoms with Crippen LogP contribution in [0.1, 0.15) is 97.5 Å². The summed E-state index contributed by atoms with van der Waals surface area (Å²) < 4.78 is 0. The molecule has 2 aliphatic rings. The van der Waals surface area contributed by atoms with Crippen molar-refractivity contribution in [3.63, 3.8) is 0 Å². The van der Waals surface area contributed by atoms with Crippen LogP contribution in [0.4, 0.5) is 22.7 Å². The summed E-state index contributed by atoms with van der Waals surface area (Å²) in [6, 6.07) is 50.3. The van der Waals surface area contributed by atoms with Gasteiger partial charge < -0.3 is 9.80 Å². The Morgan fingerprint density at radius 1 is 0.556 bits per heavy atom. The van der Waals surface area contributed by atoms with E-state index in [9.17, 15) is 10.5 Å². The fourth-order valence-corrected chi connectivity index (χ4v) is 9.05. The summed E-state index contributed by atoms with van der Waals surface area (Å²) in [5.74, 6) is 0. The van der Waals surface area contributed by atoms with E-state index in [2.05, 4.69) is 174 Å². The summed E-state index contributed by atoms with van der Waals surface area (Å²) in [5, 5.41) is 19.1. The van der Waals surface area contributed by atoms with Crippen molar-refractivity contribution in [2.75, 3.05) is 9.80 Å². The molecule has 2 unspecified atom stereocenters. The molecule has 6 aromatic carbocycles. The Hall–Kier alpha value is -6.10. The van der Waals surface area contributed by atoms with Crippen LogP contribution in [0.5, 0.6) is 0 Å². The summed E-state index contributed by atoms with van der Waals surface area (Å²) in [6.45, 7) is 15.9. The standard InChI is InChI=1S/C50H46N4/c1-8-49(7,53(38-19-10-33(3)11-20-38)39-23-14-35(31-51)15-24-39)37-18-27-42-43-29-46-47(30-45(43)48(5,6)44(42)28-37)50(46,9-2)54(40-21-12-34(4)13-22-40)41-25-16-36(32-52)17-26-41/h10-30H,8-9H2,1-7H3. The normalized spacial score (nSPS) is 16.9. The van der Waals surface area contributed by atoms with E-state index in [4.69, 9.17) is 0 Å². The van der Waals surface area contributed by atoms with Crippen LogP contribution in [0.25, 0.3) is 11.1 Å². The molecule has 4 heteroatoms. The molecule has 0 radical (unpaired) electrons. The van der Waals surface area contributed by atoms with E-state index in [-0.39, 0.29) is 16.5 Å². The number of nitriles is 2. The molecule has 0 saturated carbocycles. The van der Waals surface area contributed by atoms with E-state index in [1.54, 1.807) is 0 Å². The SMILES string of the molecule is CCC(C)(c1ccc2c(c1)C(C)(C)c1cc3c(cc1-2)C3(CC)N(c1ccc(C)cc1)c1ccc(C#N)cc1)N(c1ccc(C)cc1)c1ccc(C#N)cc1. The Balaban J connectivity index is 1.23. The van der Waals surface area contributed by atoms with Gasteiger partial charge in [0, 0.05) is 28.2 Å². The van der Waals surface area contributed by atoms with E-state index < -0.39 is 0 Å². The minimum Gasteiger partial charge on any atom is -0.331 e. The van der Waals surface area contributed by atoms with Crippen molar-refractivity contribution < 1.29 is 0 Å². The fourth-order valence-electron chi connectivity index (χ4n) is 9.05. The molecule has 0 N–H and O–H groups in total. The zero-order valence-corrected chi connectivity index (χ0v) is 32.3. The van der Waals surface area contributed by atoms with Crippen LogP contribution in [0.3, 0.4) is 0 Å². The molecule has 0 fully saturated rings. The lowest BCUT2D eigenvalue weighted by Crippen LogP contribution is -2.40. The second kappa shape index (κ2) is 12.8. The zero-order valence-electron chi connectivity index (χ0n) is 32.3. The number of hydrogen-bond donors (Lipinski definition) is 0. The molecular weight excluding hydrogens is 657 g/mol. The third-order valence-electron chi connectivity index (χ3n) is 12.4. The first kappa shape index (κ1) is 35.0. The summed E-state index contributed by atoms with van der Waals surface area (Å²) in [5.41, 5.74) is 16.7. The lowest BCUT2D eigenvalue weighted by atomic mass is 9.79. The van der Waals surface area contributed by atoms with Gasteiger partial charge in [-0.15, -0.1) is 0 Å². The molecule has 0 spiro atoms. The number of aryl methyl sites for hydroxylation is 2. The average molecular weight is 703 g/mol. The highest BCUT2D eigenvalue weighted by Gasteiger charge is 2.56. The predicted molar refractivity (Wildman–Crippen MR) is 222 cm³/mol. The summed E-state index contributed by atoms with van der Waals surface area (Å²) in [4.78, 5) is 4.93. The van der Waals surface area contributed by atoms with Gasteiger partial charge in [0.1, 0.15) is 0 Å². The molecule has 0 amide bonds. The van der Waals surface area contributed by atoms with Crippen molar-refractivity contribution in [2.24, 2.45) is 0 Å². The minimum atomic E-state index is -0.371. The predicted octanol–water partition coefficient (Wildman–Crippen LogP) is 12.6. The van der Waals surface area contributed by atoms with Crippen LogP contribution < -0.4 is 9.80 Å². The van der Waals surface area contributed by atoms with Crippen LogP contribution in [-0.4, -0.2) is 0 Å². The van der Waals surface area contributed by atoms with Gasteiger partial charge >= 0.3 is 0 Å². The van der Waals surface area contributed by atoms with E-state index in [1.165, 1.54) is 50.1 Å². The molecule has 6 aromatic rings. The first-order valence-corrected chi connectivity index (χ1v) is 19.1. The van der Waals surface area contributed by atoms with Crippen LogP contribution in [0.2, 0.25) is 0 Å². The van der Waals surface area contributed by atoms with Gasteiger partial charge in [-0.3, -0.25) is 0 Å². The zero-order chi connectivity index (χ0) is 38.0. The third kappa shape index (κ3) is 5.24. The smallest absolute Gasteiger partial charge is 0.0991 e. The number of anilines is 4. The maximum absolute atomic E-state index is 9.56. The van der Waals surface area contributed by atoms with Gasteiger partial charge in [0.15, 0.2) is 0 Å². The molecule has 54 heavy (non-hydrogen) atoms. The molecular formula is C50H46N4. The van der Waals surface area contributed by atoms with Crippen molar-refractivity contribution in [1.29, 1.82) is 10.5 Å². The van der Waals surface area contributed by atoms with E-state index in [0.717, 1.165) is 35.6 Å². The Morgan fingerprint density at radius 2 is 1.02 bits per heavy atom. The third-order valence-corrected chi connectivity index (χ3v) is 12.4. The Morgan fingerprint density at radius 3 is 1.52 bits per heavy atom. The number of benzene rings is 6. The summed E-state index contributed by atoms with van der Waals surface area (Å²) in [7, 11) is 0. The van der Waals surface area contributed by atoms with Crippen molar-refractivity contribution >= 4 is 22.7 Å². The molecule has 0 bridgehead atoms. The van der Waals surface area contributed by atoms with Crippen LogP contribution >= 0.6 is 0 Å². The molecule has 0 aromatic heterocycles. The van der Waals surface area contributed by atoms with Gasteiger partial charge in [-0.1, -0.05) is 87.4 Å². The molecule has 4 nitrogen and oxygen atoms in total. The van der Waals surface area contributed by atoms with E-state index in [1.807, 2.05) is 24.3 Å². The van der Waals surface area contributed by atoms with Crippen molar-refractivity contribution in [3.8, 4) is 23.3 Å². The van der Waals surface area contributed by atoms with Gasteiger partial charge in [0.25, 0.3) is 0 Å². The Bertz CT molecular complexity index is 2480. The minimum absolute atomic E-state index is 0.210. The number of hydrogen-bond acceptors (Lipinski definition) is 4. The van der Waals surface area contributed by atoms with Crippen LogP contribution in [0.15, 0.2) is 127 Å². The highest BCUT2D eigenvalue weighted by atomic mass is 15.2. The monoisotopic (exact) mass is 702 g/mol. The second-order valence-electron chi connectivity index (χ2n) is 15.8. The quantitative estimate of drug-likeness (QED) is 0.150. The summed E-state index contributed by atoms with van der Waals surface area (Å²) in [6.07, 6.45) is 1.80. The highest BCUT2D eigenvalue weighted by Crippen LogP contribution is 2.63. The van der Waals surface area contributed by atoms with E-state index in [0.29, 0.717) is 11.1 Å². The maximum Gasteiger partial charge on any atom is 0.0991 e. The topological polar surface area (TPSA) is 54.1 Å². The van der Waals surface area contributed by atoms with Gasteiger partial charge in [0.2, 0.25) is 0 Å². The second-order valence-corrected chi connectivity index (χ2v) is 15.8. The number of fused-ring (bicyclic) bond motifs is 4. The van der Waals surface area contributed by atoms with Gasteiger partial charge in [-0.05, 0) is 151 Å². The molecule has 0 aliphatic heterocycles. The largest absolute Gasteiger partial charge is 0.331 e. The van der Waals surface area contributed by atoms with Crippen molar-refractivity contribution in [2.45, 2.75) is 77.8 Å². The molecule has 0 heterocycles. The number of nitrogens with zero attached hydrogens (tertiary/aromatic N) is 4. The maximum atomic E-state index is 9.56. The summed E-state index contributed by atoms with van der Waals surface area (Å²) >= 11 is 0. The van der Waals surface area contributed by atoms with Crippen molar-refractivity contribution in [3.05, 3.63) is 177 Å². The molecule has 0 saturated heterocycles. The Labute approximate surface area is 320 Å². The van der Waals surface area contributed by atoms with Gasteiger partial charge in [0.05, 0.1) is 34.3 Å². The lowest BCUT2D eigenvalue weighted by Gasteiger charge is -2.44. The molecule has 2 atom stereocenters. The molecule has 266 valence electrons. The van der Waals surface area contributed by atoms with Crippen LogP contribution in [-0.2, 0) is 16.5 Å². The van der Waals surface area contributed by atoms with Crippen molar-refractivity contribution in [1.82, 2.24) is 0 Å². The highest BCUT2D eigenvalue weighted by molar-refractivity contribution is 5.88. The lowest BCUT2D eigenvalue weighted by molar-refractivity contribution is 0.462. The molecule has 2 aliphatic carbocycles. The van der Waals surface area contributed by atoms with Gasteiger partial charge in [-0.25, -0.2) is 0 Å². The van der Waals surface area contributed by atoms with Crippen LogP contribution in [0, 0.1) is 36.5 Å².